The van der Waals surface area contributed by atoms with Crippen molar-refractivity contribution in [2.24, 2.45) is 11.7 Å². The highest BCUT2D eigenvalue weighted by molar-refractivity contribution is 5.76. The first-order valence-electron chi connectivity index (χ1n) is 7.35. The van der Waals surface area contributed by atoms with Gasteiger partial charge < -0.3 is 15.5 Å². The average molecular weight is 254 g/mol. The maximum atomic E-state index is 7.33. The summed E-state index contributed by atoms with van der Waals surface area (Å²) in [6.45, 7) is 11.5. The van der Waals surface area contributed by atoms with Gasteiger partial charge in [0, 0.05) is 19.5 Å². The van der Waals surface area contributed by atoms with Crippen LogP contribution in [0.15, 0.2) is 0 Å². The maximum absolute atomic E-state index is 7.33. The molecule has 0 aromatic rings. The summed E-state index contributed by atoms with van der Waals surface area (Å²) >= 11 is 0. The number of likely N-dealkylation sites (tertiary alicyclic amines) is 1. The summed E-state index contributed by atoms with van der Waals surface area (Å²) in [4.78, 5) is 5.03. The second kappa shape index (κ2) is 8.48. The molecule has 0 saturated carbocycles. The molecule has 18 heavy (non-hydrogen) atoms. The lowest BCUT2D eigenvalue weighted by atomic mass is 10.2. The summed E-state index contributed by atoms with van der Waals surface area (Å²) in [5, 5.41) is 7.33. The largest absolute Gasteiger partial charge is 0.388 e. The van der Waals surface area contributed by atoms with Gasteiger partial charge in [0.05, 0.1) is 5.84 Å². The van der Waals surface area contributed by atoms with E-state index in [1.807, 2.05) is 0 Å². The number of nitrogens with one attached hydrogen (secondary N) is 1. The molecule has 0 unspecified atom stereocenters. The van der Waals surface area contributed by atoms with E-state index < -0.39 is 0 Å². The van der Waals surface area contributed by atoms with Crippen LogP contribution in [0.5, 0.6) is 0 Å². The van der Waals surface area contributed by atoms with Crippen LogP contribution >= 0.6 is 0 Å². The molecular formula is C14H30N4. The summed E-state index contributed by atoms with van der Waals surface area (Å²) in [5.41, 5.74) is 5.45. The predicted octanol–water partition coefficient (Wildman–Crippen LogP) is 1.76. The zero-order valence-electron chi connectivity index (χ0n) is 12.1. The number of amidine groups is 1. The smallest absolute Gasteiger partial charge is 0.0918 e. The van der Waals surface area contributed by atoms with E-state index in [0.717, 1.165) is 19.6 Å². The van der Waals surface area contributed by atoms with E-state index in [0.29, 0.717) is 18.2 Å². The van der Waals surface area contributed by atoms with Crippen molar-refractivity contribution in [2.75, 3.05) is 39.3 Å². The van der Waals surface area contributed by atoms with Crippen molar-refractivity contribution in [2.45, 2.75) is 39.5 Å². The van der Waals surface area contributed by atoms with Gasteiger partial charge in [-0.05, 0) is 51.4 Å². The van der Waals surface area contributed by atoms with Crippen molar-refractivity contribution in [3.05, 3.63) is 0 Å². The minimum Gasteiger partial charge on any atom is -0.388 e. The van der Waals surface area contributed by atoms with E-state index in [-0.39, 0.29) is 0 Å². The normalized spacial score (nSPS) is 16.9. The van der Waals surface area contributed by atoms with E-state index in [1.54, 1.807) is 0 Å². The first-order valence-corrected chi connectivity index (χ1v) is 7.35. The molecule has 1 aliphatic rings. The summed E-state index contributed by atoms with van der Waals surface area (Å²) in [6, 6.07) is 0. The second-order valence-electron chi connectivity index (χ2n) is 5.87. The first kappa shape index (κ1) is 15.4. The zero-order valence-corrected chi connectivity index (χ0v) is 12.1. The Hall–Kier alpha value is -0.610. The third-order valence-electron chi connectivity index (χ3n) is 3.47. The molecule has 0 radical (unpaired) electrons. The van der Waals surface area contributed by atoms with Crippen molar-refractivity contribution in [3.63, 3.8) is 0 Å². The van der Waals surface area contributed by atoms with Crippen LogP contribution in [0, 0.1) is 11.3 Å². The molecule has 1 aliphatic heterocycles. The van der Waals surface area contributed by atoms with Crippen LogP contribution in [-0.2, 0) is 0 Å². The lowest BCUT2D eigenvalue weighted by Crippen LogP contribution is -2.34. The fourth-order valence-corrected chi connectivity index (χ4v) is 2.61. The molecule has 4 nitrogen and oxygen atoms in total. The monoisotopic (exact) mass is 254 g/mol. The Morgan fingerprint density at radius 2 is 1.94 bits per heavy atom. The molecule has 0 amide bonds. The van der Waals surface area contributed by atoms with Crippen LogP contribution in [0.25, 0.3) is 0 Å². The number of hydrogen-bond donors (Lipinski definition) is 2. The molecule has 0 bridgehead atoms. The molecule has 1 heterocycles. The Morgan fingerprint density at radius 3 is 2.50 bits per heavy atom. The van der Waals surface area contributed by atoms with E-state index in [1.165, 1.54) is 38.9 Å². The molecule has 4 heteroatoms. The van der Waals surface area contributed by atoms with Gasteiger partial charge in [-0.3, -0.25) is 5.41 Å². The number of rotatable bonds is 9. The van der Waals surface area contributed by atoms with E-state index >= 15 is 0 Å². The van der Waals surface area contributed by atoms with Crippen molar-refractivity contribution in [1.29, 1.82) is 5.41 Å². The summed E-state index contributed by atoms with van der Waals surface area (Å²) < 4.78 is 0. The van der Waals surface area contributed by atoms with Crippen LogP contribution in [0.1, 0.15) is 39.5 Å². The van der Waals surface area contributed by atoms with Crippen LogP contribution in [0.3, 0.4) is 0 Å². The highest BCUT2D eigenvalue weighted by Gasteiger charge is 2.12. The number of nitrogens with zero attached hydrogens (tertiary/aromatic N) is 2. The molecule has 0 atom stereocenters. The van der Waals surface area contributed by atoms with Gasteiger partial charge in [0.15, 0.2) is 0 Å². The van der Waals surface area contributed by atoms with Gasteiger partial charge in [0.2, 0.25) is 0 Å². The fourth-order valence-electron chi connectivity index (χ4n) is 2.61. The van der Waals surface area contributed by atoms with Crippen LogP contribution < -0.4 is 5.73 Å². The lowest BCUT2D eigenvalue weighted by molar-refractivity contribution is 0.228. The van der Waals surface area contributed by atoms with Crippen LogP contribution in [0.4, 0.5) is 0 Å². The van der Waals surface area contributed by atoms with Gasteiger partial charge in [-0.15, -0.1) is 0 Å². The molecule has 1 rings (SSSR count). The molecule has 1 fully saturated rings. The molecule has 1 saturated heterocycles. The standard InChI is InChI=1S/C14H30N4/c1-13(2)12-18(11-6-14(15)16)10-5-9-17-7-3-4-8-17/h13H,3-12H2,1-2H3,(H3,15,16). The molecule has 0 aliphatic carbocycles. The topological polar surface area (TPSA) is 56.4 Å². The molecule has 0 aromatic carbocycles. The Bertz CT molecular complexity index is 234. The molecule has 106 valence electrons. The highest BCUT2D eigenvalue weighted by atomic mass is 15.2. The van der Waals surface area contributed by atoms with E-state index in [4.69, 9.17) is 11.1 Å². The Morgan fingerprint density at radius 1 is 1.28 bits per heavy atom. The second-order valence-corrected chi connectivity index (χ2v) is 5.87. The Labute approximate surface area is 112 Å². The Balaban J connectivity index is 2.19. The minimum absolute atomic E-state index is 0.309. The number of hydrogen-bond acceptors (Lipinski definition) is 3. The van der Waals surface area contributed by atoms with Gasteiger partial charge in [-0.25, -0.2) is 0 Å². The van der Waals surface area contributed by atoms with Crippen molar-refractivity contribution in [1.82, 2.24) is 9.80 Å². The van der Waals surface area contributed by atoms with Gasteiger partial charge in [0.1, 0.15) is 0 Å². The van der Waals surface area contributed by atoms with Crippen molar-refractivity contribution in [3.8, 4) is 0 Å². The predicted molar refractivity (Wildman–Crippen MR) is 78.1 cm³/mol. The lowest BCUT2D eigenvalue weighted by Gasteiger charge is -2.25. The Kier molecular flexibility index (Phi) is 7.28. The third-order valence-corrected chi connectivity index (χ3v) is 3.47. The quantitative estimate of drug-likeness (QED) is 0.487. The minimum atomic E-state index is 0.309. The SMILES string of the molecule is CC(C)CN(CCCN1CCCC1)CCC(=N)N. The van der Waals surface area contributed by atoms with Crippen molar-refractivity contribution >= 4 is 5.84 Å². The number of nitrogens with two attached hydrogens (primary N) is 1. The van der Waals surface area contributed by atoms with Crippen LogP contribution in [-0.4, -0.2) is 54.9 Å². The molecular weight excluding hydrogens is 224 g/mol. The van der Waals surface area contributed by atoms with Gasteiger partial charge in [-0.1, -0.05) is 13.8 Å². The summed E-state index contributed by atoms with van der Waals surface area (Å²) in [6.07, 6.45) is 4.70. The van der Waals surface area contributed by atoms with Gasteiger partial charge in [0.25, 0.3) is 0 Å². The molecule has 0 spiro atoms. The fraction of sp³-hybridized carbons (Fsp3) is 0.929. The van der Waals surface area contributed by atoms with E-state index in [2.05, 4.69) is 23.6 Å². The summed E-state index contributed by atoms with van der Waals surface area (Å²) in [5.74, 6) is 0.993. The zero-order chi connectivity index (χ0) is 13.4. The highest BCUT2D eigenvalue weighted by Crippen LogP contribution is 2.08. The van der Waals surface area contributed by atoms with E-state index in [9.17, 15) is 0 Å². The third kappa shape index (κ3) is 6.97. The van der Waals surface area contributed by atoms with Gasteiger partial charge in [-0.2, -0.15) is 0 Å². The average Bonchev–Trinajstić information content (AvgIpc) is 2.77. The van der Waals surface area contributed by atoms with Crippen LogP contribution in [0.2, 0.25) is 0 Å². The molecule has 3 N–H and O–H groups in total. The van der Waals surface area contributed by atoms with Crippen molar-refractivity contribution < 1.29 is 0 Å². The van der Waals surface area contributed by atoms with Gasteiger partial charge >= 0.3 is 0 Å². The molecule has 0 aromatic heterocycles. The summed E-state index contributed by atoms with van der Waals surface area (Å²) in [7, 11) is 0. The maximum Gasteiger partial charge on any atom is 0.0918 e. The first-order chi connectivity index (χ1) is 8.58.